The van der Waals surface area contributed by atoms with Gasteiger partial charge in [-0.25, -0.2) is 9.48 Å². The molecule has 1 aromatic heterocycles. The molecule has 0 spiro atoms. The average molecular weight is 509 g/mol. The van der Waals surface area contributed by atoms with E-state index in [1.807, 2.05) is 19.1 Å². The van der Waals surface area contributed by atoms with Gasteiger partial charge in [-0.3, -0.25) is 0 Å². The summed E-state index contributed by atoms with van der Waals surface area (Å²) < 4.78 is 18.7. The molecule has 0 fully saturated rings. The first-order valence-corrected chi connectivity index (χ1v) is 11.5. The molecule has 1 aliphatic heterocycles. The highest BCUT2D eigenvalue weighted by atomic mass is 79.9. The molecule has 8 nitrogen and oxygen atoms in total. The summed E-state index contributed by atoms with van der Waals surface area (Å²) in [7, 11) is 3.14. The number of methoxy groups -OCH3 is 2. The van der Waals surface area contributed by atoms with Crippen molar-refractivity contribution < 1.29 is 19.0 Å². The van der Waals surface area contributed by atoms with Crippen LogP contribution in [-0.2, 0) is 9.53 Å². The summed E-state index contributed by atoms with van der Waals surface area (Å²) in [6, 6.07) is 3.15. The molecule has 0 bridgehead atoms. The molecular formula is C21H25BrN4O4S. The van der Waals surface area contributed by atoms with E-state index in [1.54, 1.807) is 30.7 Å². The third-order valence-corrected chi connectivity index (χ3v) is 6.22. The van der Waals surface area contributed by atoms with Crippen LogP contribution < -0.4 is 14.8 Å². The molecule has 10 heteroatoms. The molecule has 1 aliphatic rings. The maximum atomic E-state index is 13.0. The van der Waals surface area contributed by atoms with E-state index in [-0.39, 0.29) is 6.61 Å². The second kappa shape index (κ2) is 10.2. The van der Waals surface area contributed by atoms with Gasteiger partial charge in [-0.2, -0.15) is 4.98 Å². The molecule has 1 unspecified atom stereocenters. The third kappa shape index (κ3) is 4.74. The van der Waals surface area contributed by atoms with Crippen LogP contribution in [0, 0.1) is 0 Å². The molecule has 3 rings (SSSR count). The summed E-state index contributed by atoms with van der Waals surface area (Å²) in [5, 5.41) is 8.51. The van der Waals surface area contributed by atoms with Crippen LogP contribution >= 0.6 is 27.7 Å². The van der Waals surface area contributed by atoms with Crippen LogP contribution in [0.2, 0.25) is 0 Å². The zero-order chi connectivity index (χ0) is 22.5. The lowest BCUT2D eigenvalue weighted by Crippen LogP contribution is -2.29. The fourth-order valence-corrected chi connectivity index (χ4v) is 4.57. The summed E-state index contributed by atoms with van der Waals surface area (Å²) in [5.41, 5.74) is 1.86. The normalized spacial score (nSPS) is 15.2. The van der Waals surface area contributed by atoms with Crippen molar-refractivity contribution in [3.05, 3.63) is 46.1 Å². The fraction of sp³-hybridized carbons (Fsp3) is 0.381. The molecular weight excluding hydrogens is 484 g/mol. The number of anilines is 1. The Balaban J connectivity index is 2.16. The van der Waals surface area contributed by atoms with E-state index < -0.39 is 12.0 Å². The third-order valence-electron chi connectivity index (χ3n) is 4.59. The number of hydrogen-bond donors (Lipinski definition) is 1. The van der Waals surface area contributed by atoms with Gasteiger partial charge in [-0.1, -0.05) is 31.3 Å². The van der Waals surface area contributed by atoms with Gasteiger partial charge in [0, 0.05) is 11.4 Å². The number of halogens is 1. The largest absolute Gasteiger partial charge is 0.493 e. The van der Waals surface area contributed by atoms with Crippen LogP contribution in [-0.4, -0.2) is 47.3 Å². The van der Waals surface area contributed by atoms with Crippen LogP contribution in [0.15, 0.2) is 45.7 Å². The highest BCUT2D eigenvalue weighted by Crippen LogP contribution is 2.43. The maximum absolute atomic E-state index is 13.0. The minimum atomic E-state index is -0.562. The van der Waals surface area contributed by atoms with E-state index in [9.17, 15) is 4.79 Å². The van der Waals surface area contributed by atoms with Crippen LogP contribution in [0.25, 0.3) is 0 Å². The Bertz CT molecular complexity index is 1020. The lowest BCUT2D eigenvalue weighted by Gasteiger charge is -2.28. The monoisotopic (exact) mass is 508 g/mol. The zero-order valence-corrected chi connectivity index (χ0v) is 20.3. The average Bonchev–Trinajstić information content (AvgIpc) is 3.16. The van der Waals surface area contributed by atoms with Crippen LogP contribution in [0.5, 0.6) is 11.5 Å². The van der Waals surface area contributed by atoms with Crippen molar-refractivity contribution in [2.24, 2.45) is 0 Å². The molecule has 0 amide bonds. The van der Waals surface area contributed by atoms with Crippen molar-refractivity contribution in [3.8, 4) is 11.5 Å². The molecule has 0 saturated heterocycles. The number of hydrogen-bond acceptors (Lipinski definition) is 8. The van der Waals surface area contributed by atoms with E-state index in [0.717, 1.165) is 17.7 Å². The number of allylic oxidation sites excluding steroid dienone is 1. The number of ether oxygens (including phenoxy) is 3. The second-order valence-corrected chi connectivity index (χ2v) is 8.62. The van der Waals surface area contributed by atoms with E-state index in [0.29, 0.717) is 38.3 Å². The molecule has 1 N–H and O–H groups in total. The van der Waals surface area contributed by atoms with Crippen LogP contribution in [0.1, 0.15) is 31.9 Å². The summed E-state index contributed by atoms with van der Waals surface area (Å²) in [6.45, 7) is 7.66. The Hall–Kier alpha value is -2.46. The van der Waals surface area contributed by atoms with Gasteiger partial charge in [0.2, 0.25) is 11.1 Å². The van der Waals surface area contributed by atoms with E-state index >= 15 is 0 Å². The summed E-state index contributed by atoms with van der Waals surface area (Å²) in [6.07, 6.45) is 2.54. The molecule has 0 saturated carbocycles. The highest BCUT2D eigenvalue weighted by Gasteiger charge is 2.36. The number of nitrogens with one attached hydrogen (secondary N) is 1. The standard InChI is InChI=1S/C21H25BrN4O4S/c1-6-8-30-19(27)16-12(3)23-20-24-21(31-9-7-2)25-26(20)17(16)13-10-14(22)18(29-5)15(11-13)28-4/h6,10-11,17H,1,7-9H2,2-5H3,(H,23,24,25). The van der Waals surface area contributed by atoms with Crippen molar-refractivity contribution in [1.82, 2.24) is 14.8 Å². The Morgan fingerprint density at radius 1 is 1.39 bits per heavy atom. The van der Waals surface area contributed by atoms with Gasteiger partial charge in [0.25, 0.3) is 0 Å². The van der Waals surface area contributed by atoms with E-state index in [2.05, 4.69) is 44.8 Å². The van der Waals surface area contributed by atoms with Gasteiger partial charge in [0.15, 0.2) is 11.5 Å². The van der Waals surface area contributed by atoms with Gasteiger partial charge >= 0.3 is 5.97 Å². The summed E-state index contributed by atoms with van der Waals surface area (Å²) in [4.78, 5) is 17.6. The van der Waals surface area contributed by atoms with Gasteiger partial charge in [0.1, 0.15) is 12.6 Å². The van der Waals surface area contributed by atoms with Crippen LogP contribution in [0.3, 0.4) is 0 Å². The van der Waals surface area contributed by atoms with Crippen molar-refractivity contribution >= 4 is 39.6 Å². The highest BCUT2D eigenvalue weighted by molar-refractivity contribution is 9.10. The van der Waals surface area contributed by atoms with E-state index in [1.165, 1.54) is 6.08 Å². The number of benzene rings is 1. The molecule has 0 radical (unpaired) electrons. The Morgan fingerprint density at radius 2 is 2.16 bits per heavy atom. The Kier molecular flexibility index (Phi) is 7.66. The Labute approximate surface area is 194 Å². The zero-order valence-electron chi connectivity index (χ0n) is 17.9. The van der Waals surface area contributed by atoms with Crippen molar-refractivity contribution in [3.63, 3.8) is 0 Å². The predicted molar refractivity (Wildman–Crippen MR) is 124 cm³/mol. The molecule has 1 atom stereocenters. The van der Waals surface area contributed by atoms with Gasteiger partial charge in [-0.15, -0.1) is 5.10 Å². The molecule has 2 aromatic rings. The quantitative estimate of drug-likeness (QED) is 0.299. The number of aromatic nitrogens is 3. The van der Waals surface area contributed by atoms with Crippen molar-refractivity contribution in [2.75, 3.05) is 31.9 Å². The van der Waals surface area contributed by atoms with Gasteiger partial charge in [0.05, 0.1) is 24.3 Å². The van der Waals surface area contributed by atoms with Crippen LogP contribution in [0.4, 0.5) is 5.95 Å². The Morgan fingerprint density at radius 3 is 2.81 bits per heavy atom. The SMILES string of the molecule is C=CCOC(=O)C1=C(C)Nc2nc(SCCC)nn2C1c1cc(Br)c(OC)c(OC)c1. The van der Waals surface area contributed by atoms with E-state index in [4.69, 9.17) is 14.2 Å². The second-order valence-electron chi connectivity index (χ2n) is 6.70. The summed E-state index contributed by atoms with van der Waals surface area (Å²) >= 11 is 5.11. The lowest BCUT2D eigenvalue weighted by atomic mass is 9.95. The number of carbonyl (C=O) groups is 1. The minimum Gasteiger partial charge on any atom is -0.493 e. The first kappa shape index (κ1) is 23.2. The number of carbonyl (C=O) groups excluding carboxylic acids is 1. The first-order valence-electron chi connectivity index (χ1n) is 9.71. The number of nitrogens with zero attached hydrogens (tertiary/aromatic N) is 3. The van der Waals surface area contributed by atoms with Crippen molar-refractivity contribution in [2.45, 2.75) is 31.5 Å². The maximum Gasteiger partial charge on any atom is 0.338 e. The topological polar surface area (TPSA) is 87.5 Å². The van der Waals surface area contributed by atoms with Gasteiger partial charge < -0.3 is 19.5 Å². The molecule has 1 aromatic carbocycles. The first-order chi connectivity index (χ1) is 14.9. The predicted octanol–water partition coefficient (Wildman–Crippen LogP) is 4.58. The molecule has 0 aliphatic carbocycles. The van der Waals surface area contributed by atoms with Crippen molar-refractivity contribution in [1.29, 1.82) is 0 Å². The molecule has 166 valence electrons. The number of esters is 1. The molecule has 2 heterocycles. The summed E-state index contributed by atoms with van der Waals surface area (Å²) in [5.74, 6) is 2.10. The number of rotatable bonds is 9. The number of thioether (sulfide) groups is 1. The smallest absolute Gasteiger partial charge is 0.338 e. The molecule has 31 heavy (non-hydrogen) atoms. The van der Waals surface area contributed by atoms with Gasteiger partial charge in [-0.05, 0) is 47.0 Å². The minimum absolute atomic E-state index is 0.111. The lowest BCUT2D eigenvalue weighted by molar-refractivity contribution is -0.138. The number of fused-ring (bicyclic) bond motifs is 1. The fourth-order valence-electron chi connectivity index (χ4n) is 3.27.